The van der Waals surface area contributed by atoms with E-state index in [1.807, 2.05) is 0 Å². The number of nitrogens with zero attached hydrogens (tertiary/aromatic N) is 9. The molecule has 0 spiro atoms. The van der Waals surface area contributed by atoms with Crippen LogP contribution in [0.15, 0.2) is 36.9 Å². The second-order valence-electron chi connectivity index (χ2n) is 12.4. The summed E-state index contributed by atoms with van der Waals surface area (Å²) in [5.41, 5.74) is -0.194. The number of aliphatic hydroxyl groups excluding tert-OH is 3. The third kappa shape index (κ3) is 7.21. The Balaban J connectivity index is 1.15. The summed E-state index contributed by atoms with van der Waals surface area (Å²) in [6.45, 7) is 0.286. The van der Waals surface area contributed by atoms with Crippen LogP contribution in [0.1, 0.15) is 18.5 Å². The first-order valence-electron chi connectivity index (χ1n) is 16.2. The second kappa shape index (κ2) is 15.4. The van der Waals surface area contributed by atoms with E-state index < -0.39 is 77.9 Å². The van der Waals surface area contributed by atoms with Crippen molar-refractivity contribution in [2.75, 3.05) is 46.6 Å². The van der Waals surface area contributed by atoms with Gasteiger partial charge in [-0.1, -0.05) is 10.4 Å². The monoisotopic (exact) mass is 749 g/mol. The van der Waals surface area contributed by atoms with Crippen molar-refractivity contribution >= 4 is 17.7 Å². The molecule has 3 saturated heterocycles. The van der Waals surface area contributed by atoms with Crippen LogP contribution in [0.25, 0.3) is 22.5 Å². The molecule has 1 amide bonds. The molecular formula is C31H34F3N9O8S. The molecule has 8 atom stereocenters. The van der Waals surface area contributed by atoms with E-state index in [9.17, 15) is 33.3 Å². The van der Waals surface area contributed by atoms with Gasteiger partial charge >= 0.3 is 6.01 Å². The lowest BCUT2D eigenvalue weighted by molar-refractivity contribution is -0.196. The number of ether oxygens (including phenoxy) is 4. The summed E-state index contributed by atoms with van der Waals surface area (Å²) in [5.74, 6) is -4.80. The van der Waals surface area contributed by atoms with E-state index in [4.69, 9.17) is 18.9 Å². The van der Waals surface area contributed by atoms with Crippen LogP contribution in [-0.4, -0.2) is 148 Å². The Kier molecular flexibility index (Phi) is 10.7. The number of aliphatic hydroxyl groups is 3. The zero-order valence-electron chi connectivity index (χ0n) is 27.5. The smallest absolute Gasteiger partial charge is 0.316 e. The maximum Gasteiger partial charge on any atom is 0.316 e. The zero-order chi connectivity index (χ0) is 36.5. The van der Waals surface area contributed by atoms with Gasteiger partial charge in [0.2, 0.25) is 5.91 Å². The van der Waals surface area contributed by atoms with Gasteiger partial charge in [-0.15, -0.1) is 22.0 Å². The lowest BCUT2D eigenvalue weighted by Gasteiger charge is -2.45. The molecule has 3 aromatic heterocycles. The van der Waals surface area contributed by atoms with Crippen LogP contribution in [0.4, 0.5) is 13.2 Å². The Hall–Kier alpha value is -4.25. The number of benzene rings is 1. The number of methoxy groups -OCH3 is 1. The van der Waals surface area contributed by atoms with Crippen LogP contribution >= 0.6 is 11.8 Å². The lowest BCUT2D eigenvalue weighted by atomic mass is 9.97. The average Bonchev–Trinajstić information content (AvgIpc) is 3.81. The summed E-state index contributed by atoms with van der Waals surface area (Å²) in [7, 11) is 1.45. The van der Waals surface area contributed by atoms with Crippen LogP contribution in [-0.2, 0) is 19.0 Å². The summed E-state index contributed by atoms with van der Waals surface area (Å²) in [6.07, 6.45) is 1.91. The van der Waals surface area contributed by atoms with Gasteiger partial charge in [-0.25, -0.2) is 32.5 Å². The van der Waals surface area contributed by atoms with Gasteiger partial charge in [0.15, 0.2) is 17.5 Å². The van der Waals surface area contributed by atoms with Crippen molar-refractivity contribution in [2.45, 2.75) is 53.6 Å². The van der Waals surface area contributed by atoms with Crippen molar-refractivity contribution < 1.29 is 52.2 Å². The zero-order valence-corrected chi connectivity index (χ0v) is 28.3. The first-order valence-corrected chi connectivity index (χ1v) is 17.2. The molecule has 7 rings (SSSR count). The number of hydrogen-bond acceptors (Lipinski definition) is 15. The number of carbonyl (C=O) groups is 1. The van der Waals surface area contributed by atoms with Crippen molar-refractivity contribution in [3.8, 4) is 28.5 Å². The third-order valence-corrected chi connectivity index (χ3v) is 10.6. The SMILES string of the molecule is COc1ncc(-c2cn([C@H]3COC[C@@H](S[C@@H]4O[C@H](CO)[C@H](O)[C@H](n5cc(-c6cc(F)c(F)c(F)c6)nn5)[C@H]4OCC(=O)N4CCC4)[C@@H]3O)nn2)cn1. The molecule has 3 aliphatic rings. The molecule has 278 valence electrons. The van der Waals surface area contributed by atoms with E-state index in [1.165, 1.54) is 35.1 Å². The van der Waals surface area contributed by atoms with Gasteiger partial charge in [-0.2, -0.15) is 0 Å². The average molecular weight is 750 g/mol. The van der Waals surface area contributed by atoms with Gasteiger partial charge in [-0.05, 0) is 18.6 Å². The molecule has 17 nitrogen and oxygen atoms in total. The number of rotatable bonds is 11. The minimum atomic E-state index is -1.64. The highest BCUT2D eigenvalue weighted by atomic mass is 32.2. The molecule has 1 aromatic carbocycles. The molecule has 3 fully saturated rings. The Morgan fingerprint density at radius 3 is 2.31 bits per heavy atom. The fraction of sp³-hybridized carbons (Fsp3) is 0.516. The van der Waals surface area contributed by atoms with Crippen molar-refractivity contribution in [3.05, 3.63) is 54.4 Å². The number of hydrogen-bond donors (Lipinski definition) is 3. The van der Waals surface area contributed by atoms with E-state index in [0.717, 1.165) is 30.3 Å². The lowest BCUT2D eigenvalue weighted by Crippen LogP contribution is -2.57. The maximum atomic E-state index is 14.1. The van der Waals surface area contributed by atoms with Gasteiger partial charge in [0.25, 0.3) is 0 Å². The highest BCUT2D eigenvalue weighted by molar-refractivity contribution is 8.00. The van der Waals surface area contributed by atoms with E-state index in [-0.39, 0.29) is 36.4 Å². The standard InChI is InChI=1S/C31H34F3N9O8S/c1-48-31-35-7-16(8-36-31)20-9-42(39-38-20)21-12-49-13-23(27(21)46)52-30-29(50-14-24(45)41-3-2-4-41)26(28(47)22(11-44)51-30)43-10-19(37-40-43)15-5-17(32)25(34)18(33)6-15/h5-10,21-23,26-30,44,46-47H,2-4,11-14H2,1H3/t21-,22+,23+,26-,27+,28-,29+,30-/m0/s1. The normalized spacial score (nSPS) is 27.7. The molecule has 3 aliphatic heterocycles. The fourth-order valence-electron chi connectivity index (χ4n) is 6.13. The van der Waals surface area contributed by atoms with Gasteiger partial charge in [0.05, 0.1) is 50.7 Å². The largest absolute Gasteiger partial charge is 0.467 e. The molecule has 0 radical (unpaired) electrons. The van der Waals surface area contributed by atoms with Crippen molar-refractivity contribution in [3.63, 3.8) is 0 Å². The topological polar surface area (TPSA) is 205 Å². The minimum absolute atomic E-state index is 0.0519. The predicted molar refractivity (Wildman–Crippen MR) is 172 cm³/mol. The van der Waals surface area contributed by atoms with Crippen molar-refractivity contribution in [1.82, 2.24) is 44.9 Å². The number of halogens is 3. The van der Waals surface area contributed by atoms with Gasteiger partial charge in [0.1, 0.15) is 53.8 Å². The minimum Gasteiger partial charge on any atom is -0.467 e. The summed E-state index contributed by atoms with van der Waals surface area (Å²) in [4.78, 5) is 22.7. The molecular weight excluding hydrogens is 715 g/mol. The van der Waals surface area contributed by atoms with Crippen molar-refractivity contribution in [2.24, 2.45) is 0 Å². The molecule has 0 saturated carbocycles. The Labute approximate surface area is 297 Å². The van der Waals surface area contributed by atoms with Crippen LogP contribution in [0.5, 0.6) is 6.01 Å². The molecule has 0 unspecified atom stereocenters. The van der Waals surface area contributed by atoms with Gasteiger partial charge in [-0.3, -0.25) is 4.79 Å². The molecule has 6 heterocycles. The van der Waals surface area contributed by atoms with E-state index >= 15 is 0 Å². The quantitative estimate of drug-likeness (QED) is 0.178. The highest BCUT2D eigenvalue weighted by Gasteiger charge is 2.50. The van der Waals surface area contributed by atoms with Crippen molar-refractivity contribution in [1.29, 1.82) is 0 Å². The van der Waals surface area contributed by atoms with E-state index in [2.05, 4.69) is 30.6 Å². The van der Waals surface area contributed by atoms with Gasteiger partial charge < -0.3 is 39.2 Å². The molecule has 52 heavy (non-hydrogen) atoms. The summed E-state index contributed by atoms with van der Waals surface area (Å²) >= 11 is 1.10. The number of amides is 1. The summed E-state index contributed by atoms with van der Waals surface area (Å²) in [6, 6.07) is -0.152. The van der Waals surface area contributed by atoms with Crippen LogP contribution in [0.3, 0.4) is 0 Å². The summed E-state index contributed by atoms with van der Waals surface area (Å²) in [5, 5.41) is 49.1. The predicted octanol–water partition coefficient (Wildman–Crippen LogP) is 0.390. The maximum absolute atomic E-state index is 14.1. The molecule has 21 heteroatoms. The number of carbonyl (C=O) groups excluding carboxylic acids is 1. The molecule has 3 N–H and O–H groups in total. The highest BCUT2D eigenvalue weighted by Crippen LogP contribution is 2.41. The Morgan fingerprint density at radius 2 is 1.65 bits per heavy atom. The number of thioether (sulfide) groups is 1. The molecule has 0 aliphatic carbocycles. The Morgan fingerprint density at radius 1 is 0.981 bits per heavy atom. The Bertz CT molecular complexity index is 1850. The number of aromatic nitrogens is 8. The van der Waals surface area contributed by atoms with Crippen LogP contribution < -0.4 is 4.74 Å². The van der Waals surface area contributed by atoms with E-state index in [1.54, 1.807) is 11.1 Å². The van der Waals surface area contributed by atoms with Gasteiger partial charge in [0, 0.05) is 36.6 Å². The van der Waals surface area contributed by atoms with Crippen LogP contribution in [0.2, 0.25) is 0 Å². The summed E-state index contributed by atoms with van der Waals surface area (Å²) < 4.78 is 67.6. The van der Waals surface area contributed by atoms with Crippen LogP contribution in [0, 0.1) is 17.5 Å². The fourth-order valence-corrected chi connectivity index (χ4v) is 7.60. The first-order chi connectivity index (χ1) is 25.1. The second-order valence-corrected chi connectivity index (χ2v) is 13.7. The molecule has 4 aromatic rings. The number of likely N-dealkylation sites (tertiary alicyclic amines) is 1. The first kappa shape index (κ1) is 36.1. The molecule has 0 bridgehead atoms. The van der Waals surface area contributed by atoms with E-state index in [0.29, 0.717) is 24.3 Å². The third-order valence-electron chi connectivity index (χ3n) is 9.14.